The molecule has 0 radical (unpaired) electrons. The molecule has 0 spiro atoms. The largest absolute Gasteiger partial charge is 0.380 e. The lowest BCUT2D eigenvalue weighted by atomic mass is 9.87. The summed E-state index contributed by atoms with van der Waals surface area (Å²) >= 11 is 0. The SMILES string of the molecule is CCCNC(COCC)C(C)(CC)N(CC)CC. The van der Waals surface area contributed by atoms with Gasteiger partial charge in [-0.05, 0) is 46.3 Å². The van der Waals surface area contributed by atoms with Crippen LogP contribution in [-0.2, 0) is 4.74 Å². The van der Waals surface area contributed by atoms with E-state index in [1.165, 1.54) is 6.42 Å². The summed E-state index contributed by atoms with van der Waals surface area (Å²) in [7, 11) is 0. The lowest BCUT2D eigenvalue weighted by Crippen LogP contribution is -2.61. The Morgan fingerprint density at radius 2 is 1.72 bits per heavy atom. The van der Waals surface area contributed by atoms with Gasteiger partial charge in [-0.25, -0.2) is 0 Å². The molecule has 0 bridgehead atoms. The Bertz CT molecular complexity index is 187. The molecule has 0 saturated heterocycles. The van der Waals surface area contributed by atoms with Crippen molar-refractivity contribution in [2.24, 2.45) is 0 Å². The van der Waals surface area contributed by atoms with E-state index in [0.717, 1.165) is 39.3 Å². The van der Waals surface area contributed by atoms with Crippen LogP contribution < -0.4 is 5.32 Å². The second kappa shape index (κ2) is 9.76. The Labute approximate surface area is 114 Å². The molecule has 0 aromatic heterocycles. The summed E-state index contributed by atoms with van der Waals surface area (Å²) in [6, 6.07) is 0.405. The number of nitrogens with one attached hydrogen (secondary N) is 1. The van der Waals surface area contributed by atoms with E-state index in [2.05, 4.69) is 51.8 Å². The Kier molecular flexibility index (Phi) is 9.70. The quantitative estimate of drug-likeness (QED) is 0.617. The molecule has 0 saturated carbocycles. The van der Waals surface area contributed by atoms with Crippen molar-refractivity contribution in [2.45, 2.75) is 66.0 Å². The zero-order chi connectivity index (χ0) is 14.0. The zero-order valence-electron chi connectivity index (χ0n) is 13.4. The third-order valence-electron chi connectivity index (χ3n) is 4.08. The van der Waals surface area contributed by atoms with Crippen LogP contribution in [0.5, 0.6) is 0 Å². The number of nitrogens with zero attached hydrogens (tertiary/aromatic N) is 1. The summed E-state index contributed by atoms with van der Waals surface area (Å²) in [5, 5.41) is 3.68. The van der Waals surface area contributed by atoms with Gasteiger partial charge in [0.2, 0.25) is 0 Å². The predicted molar refractivity (Wildman–Crippen MR) is 80.2 cm³/mol. The Balaban J connectivity index is 4.83. The van der Waals surface area contributed by atoms with Crippen LogP contribution in [0, 0.1) is 0 Å². The molecule has 0 aromatic carbocycles. The third kappa shape index (κ3) is 4.87. The monoisotopic (exact) mass is 258 g/mol. The lowest BCUT2D eigenvalue weighted by Gasteiger charge is -2.46. The molecule has 0 aliphatic carbocycles. The van der Waals surface area contributed by atoms with Gasteiger partial charge in [0.1, 0.15) is 0 Å². The minimum atomic E-state index is 0.174. The van der Waals surface area contributed by atoms with Crippen LogP contribution in [0.4, 0.5) is 0 Å². The number of ether oxygens (including phenoxy) is 1. The molecule has 0 amide bonds. The van der Waals surface area contributed by atoms with Crippen LogP contribution in [0.15, 0.2) is 0 Å². The first kappa shape index (κ1) is 17.9. The van der Waals surface area contributed by atoms with E-state index in [1.807, 2.05) is 0 Å². The summed E-state index contributed by atoms with van der Waals surface area (Å²) in [6.07, 6.45) is 2.31. The van der Waals surface area contributed by atoms with Crippen molar-refractivity contribution in [1.29, 1.82) is 0 Å². The Morgan fingerprint density at radius 3 is 2.11 bits per heavy atom. The minimum absolute atomic E-state index is 0.174. The summed E-state index contributed by atoms with van der Waals surface area (Å²) in [4.78, 5) is 2.55. The molecule has 3 heteroatoms. The van der Waals surface area contributed by atoms with Crippen LogP contribution >= 0.6 is 0 Å². The smallest absolute Gasteiger partial charge is 0.0637 e. The van der Waals surface area contributed by atoms with Gasteiger partial charge in [-0.15, -0.1) is 0 Å². The molecule has 110 valence electrons. The molecular formula is C15H34N2O. The topological polar surface area (TPSA) is 24.5 Å². The number of likely N-dealkylation sites (N-methyl/N-ethyl adjacent to an activating group) is 1. The highest BCUT2D eigenvalue weighted by atomic mass is 16.5. The van der Waals surface area contributed by atoms with Crippen LogP contribution in [0.3, 0.4) is 0 Å². The highest BCUT2D eigenvalue weighted by Gasteiger charge is 2.36. The van der Waals surface area contributed by atoms with Gasteiger partial charge in [-0.3, -0.25) is 4.90 Å². The average Bonchev–Trinajstić information content (AvgIpc) is 2.39. The highest BCUT2D eigenvalue weighted by molar-refractivity contribution is 4.95. The molecule has 0 aliphatic heterocycles. The zero-order valence-corrected chi connectivity index (χ0v) is 13.4. The van der Waals surface area contributed by atoms with Gasteiger partial charge < -0.3 is 10.1 Å². The summed E-state index contributed by atoms with van der Waals surface area (Å²) in [6.45, 7) is 18.3. The molecule has 0 aliphatic rings. The maximum Gasteiger partial charge on any atom is 0.0637 e. The summed E-state index contributed by atoms with van der Waals surface area (Å²) in [5.41, 5.74) is 0.174. The Morgan fingerprint density at radius 1 is 1.11 bits per heavy atom. The molecule has 3 nitrogen and oxygen atoms in total. The van der Waals surface area contributed by atoms with Crippen LogP contribution in [0.2, 0.25) is 0 Å². The van der Waals surface area contributed by atoms with Crippen molar-refractivity contribution >= 4 is 0 Å². The first-order valence-corrected chi connectivity index (χ1v) is 7.66. The predicted octanol–water partition coefficient (Wildman–Crippen LogP) is 2.90. The maximum atomic E-state index is 5.69. The number of rotatable bonds is 11. The lowest BCUT2D eigenvalue weighted by molar-refractivity contribution is 0.0205. The fourth-order valence-electron chi connectivity index (χ4n) is 2.65. The van der Waals surface area contributed by atoms with E-state index in [4.69, 9.17) is 4.74 Å². The van der Waals surface area contributed by atoms with Crippen molar-refractivity contribution in [2.75, 3.05) is 32.8 Å². The summed E-state index contributed by atoms with van der Waals surface area (Å²) < 4.78 is 5.69. The molecule has 2 unspecified atom stereocenters. The standard InChI is InChI=1S/C15H34N2O/c1-7-12-16-14(13-18-11-5)15(6,8-2)17(9-3)10-4/h14,16H,7-13H2,1-6H3. The fourth-order valence-corrected chi connectivity index (χ4v) is 2.65. The minimum Gasteiger partial charge on any atom is -0.380 e. The molecule has 0 fully saturated rings. The first-order valence-electron chi connectivity index (χ1n) is 7.66. The van der Waals surface area contributed by atoms with Gasteiger partial charge in [0.25, 0.3) is 0 Å². The number of hydrogen-bond donors (Lipinski definition) is 1. The van der Waals surface area contributed by atoms with E-state index in [-0.39, 0.29) is 5.54 Å². The van der Waals surface area contributed by atoms with E-state index in [0.29, 0.717) is 6.04 Å². The van der Waals surface area contributed by atoms with Crippen LogP contribution in [0.1, 0.15) is 54.4 Å². The van der Waals surface area contributed by atoms with Crippen molar-refractivity contribution in [1.82, 2.24) is 10.2 Å². The Hall–Kier alpha value is -0.120. The van der Waals surface area contributed by atoms with E-state index in [9.17, 15) is 0 Å². The average molecular weight is 258 g/mol. The highest BCUT2D eigenvalue weighted by Crippen LogP contribution is 2.24. The third-order valence-corrected chi connectivity index (χ3v) is 4.08. The van der Waals surface area contributed by atoms with Gasteiger partial charge in [-0.1, -0.05) is 27.7 Å². The van der Waals surface area contributed by atoms with Crippen molar-refractivity contribution < 1.29 is 4.74 Å². The van der Waals surface area contributed by atoms with Crippen molar-refractivity contribution in [3.8, 4) is 0 Å². The van der Waals surface area contributed by atoms with Crippen LogP contribution in [0.25, 0.3) is 0 Å². The van der Waals surface area contributed by atoms with Gasteiger partial charge in [0.05, 0.1) is 6.61 Å². The maximum absolute atomic E-state index is 5.69. The molecule has 0 rings (SSSR count). The second-order valence-corrected chi connectivity index (χ2v) is 5.05. The van der Waals surface area contributed by atoms with Gasteiger partial charge in [0.15, 0.2) is 0 Å². The van der Waals surface area contributed by atoms with Crippen LogP contribution in [-0.4, -0.2) is 49.3 Å². The van der Waals surface area contributed by atoms with Gasteiger partial charge in [0, 0.05) is 18.2 Å². The van der Waals surface area contributed by atoms with Gasteiger partial charge >= 0.3 is 0 Å². The second-order valence-electron chi connectivity index (χ2n) is 5.05. The summed E-state index contributed by atoms with van der Waals surface area (Å²) in [5.74, 6) is 0. The van der Waals surface area contributed by atoms with E-state index in [1.54, 1.807) is 0 Å². The normalized spacial score (nSPS) is 16.8. The van der Waals surface area contributed by atoms with Gasteiger partial charge in [-0.2, -0.15) is 0 Å². The molecule has 1 N–H and O–H groups in total. The molecular weight excluding hydrogens is 224 g/mol. The van der Waals surface area contributed by atoms with E-state index >= 15 is 0 Å². The fraction of sp³-hybridized carbons (Fsp3) is 1.00. The number of hydrogen-bond acceptors (Lipinski definition) is 3. The molecule has 18 heavy (non-hydrogen) atoms. The van der Waals surface area contributed by atoms with E-state index < -0.39 is 0 Å². The molecule has 2 atom stereocenters. The van der Waals surface area contributed by atoms with Crippen molar-refractivity contribution in [3.63, 3.8) is 0 Å². The van der Waals surface area contributed by atoms with Crippen molar-refractivity contribution in [3.05, 3.63) is 0 Å². The molecule has 0 heterocycles. The molecule has 0 aromatic rings. The first-order chi connectivity index (χ1) is 8.60.